The molecule has 4 nitrogen and oxygen atoms in total. The van der Waals surface area contributed by atoms with Gasteiger partial charge >= 0.3 is 0 Å². The Morgan fingerprint density at radius 2 is 2.00 bits per heavy atom. The average molecular weight is 270 g/mol. The molecule has 2 heterocycles. The summed E-state index contributed by atoms with van der Waals surface area (Å²) in [7, 11) is 0. The highest BCUT2D eigenvalue weighted by atomic mass is 32.1. The Morgan fingerprint density at radius 1 is 1.21 bits per heavy atom. The number of thiazole rings is 1. The second kappa shape index (κ2) is 4.85. The first-order valence-corrected chi connectivity index (χ1v) is 6.84. The second-order valence-electron chi connectivity index (χ2n) is 4.35. The highest BCUT2D eigenvalue weighted by Gasteiger charge is 2.10. The van der Waals surface area contributed by atoms with Crippen LogP contribution in [0.25, 0.3) is 10.6 Å². The highest BCUT2D eigenvalue weighted by molar-refractivity contribution is 7.18. The van der Waals surface area contributed by atoms with Crippen LogP contribution in [0.1, 0.15) is 11.3 Å². The lowest BCUT2D eigenvalue weighted by molar-refractivity contribution is 0.689. The Labute approximate surface area is 115 Å². The van der Waals surface area contributed by atoms with Crippen molar-refractivity contribution in [3.63, 3.8) is 0 Å². The highest BCUT2D eigenvalue weighted by Crippen LogP contribution is 2.29. The van der Waals surface area contributed by atoms with E-state index in [1.807, 2.05) is 42.1 Å². The van der Waals surface area contributed by atoms with Crippen LogP contribution in [0.15, 0.2) is 42.6 Å². The van der Waals surface area contributed by atoms with Gasteiger partial charge in [0.25, 0.3) is 0 Å². The number of aromatic nitrogens is 3. The minimum Gasteiger partial charge on any atom is -0.375 e. The van der Waals surface area contributed by atoms with Crippen molar-refractivity contribution < 1.29 is 0 Å². The van der Waals surface area contributed by atoms with Gasteiger partial charge in [0.1, 0.15) is 5.69 Å². The molecule has 96 valence electrons. The third kappa shape index (κ3) is 2.51. The average Bonchev–Trinajstić information content (AvgIpc) is 2.97. The van der Waals surface area contributed by atoms with Gasteiger partial charge in [0, 0.05) is 6.20 Å². The van der Waals surface area contributed by atoms with Crippen LogP contribution in [0, 0.1) is 6.92 Å². The minimum absolute atomic E-state index is 0.588. The van der Waals surface area contributed by atoms with Gasteiger partial charge in [0.05, 0.1) is 17.1 Å². The van der Waals surface area contributed by atoms with E-state index in [-0.39, 0.29) is 0 Å². The van der Waals surface area contributed by atoms with E-state index >= 15 is 0 Å². The van der Waals surface area contributed by atoms with Crippen LogP contribution in [0.5, 0.6) is 0 Å². The van der Waals surface area contributed by atoms with Gasteiger partial charge in [0.2, 0.25) is 0 Å². The van der Waals surface area contributed by atoms with E-state index < -0.39 is 0 Å². The molecule has 3 rings (SSSR count). The van der Waals surface area contributed by atoms with E-state index in [2.05, 4.69) is 22.2 Å². The molecule has 0 aliphatic carbocycles. The van der Waals surface area contributed by atoms with Gasteiger partial charge in [-0.25, -0.2) is 4.98 Å². The minimum atomic E-state index is 0.588. The number of anilines is 1. The maximum atomic E-state index is 5.72. The van der Waals surface area contributed by atoms with Crippen molar-refractivity contribution in [3.8, 4) is 10.6 Å². The van der Waals surface area contributed by atoms with Crippen molar-refractivity contribution in [2.45, 2.75) is 13.5 Å². The first-order valence-electron chi connectivity index (χ1n) is 6.03. The first kappa shape index (κ1) is 11.9. The van der Waals surface area contributed by atoms with Crippen molar-refractivity contribution in [1.82, 2.24) is 14.8 Å². The third-order valence-corrected chi connectivity index (χ3v) is 3.88. The summed E-state index contributed by atoms with van der Waals surface area (Å²) in [6.07, 6.45) is 1.98. The third-order valence-electron chi connectivity index (χ3n) is 2.87. The summed E-state index contributed by atoms with van der Waals surface area (Å²) in [6.45, 7) is 2.73. The zero-order valence-electron chi connectivity index (χ0n) is 10.6. The van der Waals surface area contributed by atoms with E-state index in [4.69, 9.17) is 5.73 Å². The molecule has 0 saturated heterocycles. The number of hydrogen-bond donors (Lipinski definition) is 1. The van der Waals surface area contributed by atoms with E-state index in [1.54, 1.807) is 0 Å². The summed E-state index contributed by atoms with van der Waals surface area (Å²) >= 11 is 1.48. The van der Waals surface area contributed by atoms with Gasteiger partial charge in [-0.15, -0.1) is 0 Å². The SMILES string of the molecule is Cc1nc(N)sc1-c1ccn(Cc2ccccc2)n1. The Hall–Kier alpha value is -2.14. The van der Waals surface area contributed by atoms with E-state index in [0.29, 0.717) is 5.13 Å². The summed E-state index contributed by atoms with van der Waals surface area (Å²) in [5, 5.41) is 5.17. The lowest BCUT2D eigenvalue weighted by atomic mass is 10.2. The van der Waals surface area contributed by atoms with E-state index in [0.717, 1.165) is 22.8 Å². The van der Waals surface area contributed by atoms with Crippen LogP contribution >= 0.6 is 11.3 Å². The number of rotatable bonds is 3. The van der Waals surface area contributed by atoms with Crippen LogP contribution in [0.2, 0.25) is 0 Å². The number of hydrogen-bond acceptors (Lipinski definition) is 4. The largest absolute Gasteiger partial charge is 0.375 e. The summed E-state index contributed by atoms with van der Waals surface area (Å²) in [4.78, 5) is 5.27. The maximum Gasteiger partial charge on any atom is 0.180 e. The first-order chi connectivity index (χ1) is 9.22. The summed E-state index contributed by atoms with van der Waals surface area (Å²) in [6, 6.07) is 12.3. The summed E-state index contributed by atoms with van der Waals surface area (Å²) in [5.74, 6) is 0. The van der Waals surface area contributed by atoms with Crippen molar-refractivity contribution in [3.05, 3.63) is 53.9 Å². The fourth-order valence-corrected chi connectivity index (χ4v) is 2.79. The van der Waals surface area contributed by atoms with Crippen molar-refractivity contribution in [2.24, 2.45) is 0 Å². The second-order valence-corrected chi connectivity index (χ2v) is 5.38. The molecule has 2 N–H and O–H groups in total. The molecule has 0 unspecified atom stereocenters. The van der Waals surface area contributed by atoms with Gasteiger partial charge in [0.15, 0.2) is 5.13 Å². The summed E-state index contributed by atoms with van der Waals surface area (Å²) in [5.41, 5.74) is 8.82. The molecule has 0 bridgehead atoms. The monoisotopic (exact) mass is 270 g/mol. The van der Waals surface area contributed by atoms with Crippen LogP contribution in [0.3, 0.4) is 0 Å². The molecule has 19 heavy (non-hydrogen) atoms. The topological polar surface area (TPSA) is 56.7 Å². The number of nitrogens with two attached hydrogens (primary N) is 1. The lowest BCUT2D eigenvalue weighted by Crippen LogP contribution is -1.99. The van der Waals surface area contributed by atoms with Crippen molar-refractivity contribution in [1.29, 1.82) is 0 Å². The van der Waals surface area contributed by atoms with E-state index in [1.165, 1.54) is 16.9 Å². The molecule has 5 heteroatoms. The molecular formula is C14H14N4S. The standard InChI is InChI=1S/C14H14N4S/c1-10-13(19-14(15)16-10)12-7-8-18(17-12)9-11-5-3-2-4-6-11/h2-8H,9H2,1H3,(H2,15,16). The molecule has 0 fully saturated rings. The van der Waals surface area contributed by atoms with Gasteiger partial charge < -0.3 is 5.73 Å². The maximum absolute atomic E-state index is 5.72. The number of aryl methyl sites for hydroxylation is 1. The molecule has 0 aliphatic rings. The van der Waals surface area contributed by atoms with Crippen LogP contribution < -0.4 is 5.73 Å². The Kier molecular flexibility index (Phi) is 3.05. The van der Waals surface area contributed by atoms with E-state index in [9.17, 15) is 0 Å². The fraction of sp³-hybridized carbons (Fsp3) is 0.143. The molecule has 3 aromatic rings. The number of nitrogen functional groups attached to an aromatic ring is 1. The molecular weight excluding hydrogens is 256 g/mol. The normalized spacial score (nSPS) is 10.8. The predicted molar refractivity (Wildman–Crippen MR) is 78.0 cm³/mol. The zero-order valence-corrected chi connectivity index (χ0v) is 11.4. The molecule has 0 spiro atoms. The smallest absolute Gasteiger partial charge is 0.180 e. The Balaban J connectivity index is 1.86. The fourth-order valence-electron chi connectivity index (χ4n) is 2.00. The van der Waals surface area contributed by atoms with Gasteiger partial charge in [-0.1, -0.05) is 41.7 Å². The molecule has 0 atom stereocenters. The van der Waals surface area contributed by atoms with Gasteiger partial charge in [-0.05, 0) is 18.6 Å². The lowest BCUT2D eigenvalue weighted by Gasteiger charge is -2.01. The van der Waals surface area contributed by atoms with Crippen molar-refractivity contribution >= 4 is 16.5 Å². The van der Waals surface area contributed by atoms with Crippen LogP contribution in [-0.2, 0) is 6.54 Å². The number of nitrogens with zero attached hydrogens (tertiary/aromatic N) is 3. The Morgan fingerprint density at radius 3 is 2.68 bits per heavy atom. The molecule has 0 radical (unpaired) electrons. The molecule has 2 aromatic heterocycles. The Bertz CT molecular complexity index is 685. The molecule has 0 amide bonds. The molecule has 1 aromatic carbocycles. The predicted octanol–water partition coefficient (Wildman–Crippen LogP) is 2.95. The summed E-state index contributed by atoms with van der Waals surface area (Å²) < 4.78 is 1.93. The van der Waals surface area contributed by atoms with Gasteiger partial charge in [-0.3, -0.25) is 4.68 Å². The quantitative estimate of drug-likeness (QED) is 0.796. The van der Waals surface area contributed by atoms with Crippen LogP contribution in [-0.4, -0.2) is 14.8 Å². The zero-order chi connectivity index (χ0) is 13.2. The molecule has 0 aliphatic heterocycles. The number of benzene rings is 1. The van der Waals surface area contributed by atoms with Gasteiger partial charge in [-0.2, -0.15) is 5.10 Å². The van der Waals surface area contributed by atoms with Crippen LogP contribution in [0.4, 0.5) is 5.13 Å². The van der Waals surface area contributed by atoms with Crippen molar-refractivity contribution in [2.75, 3.05) is 5.73 Å². The molecule has 0 saturated carbocycles.